The van der Waals surface area contributed by atoms with Gasteiger partial charge in [0.25, 0.3) is 0 Å². The minimum atomic E-state index is 1.00. The summed E-state index contributed by atoms with van der Waals surface area (Å²) in [6.45, 7) is 0. The maximum atomic E-state index is 4.79. The SMILES string of the molecule is C1=CCC2=c3cc4c(cc3=NC2=C1)Cc1ccccc1-4. The maximum Gasteiger partial charge on any atom is 0.0716 e. The predicted molar refractivity (Wildman–Crippen MR) is 80.7 cm³/mol. The zero-order chi connectivity index (χ0) is 13.1. The fraction of sp³-hybridized carbons (Fsp3) is 0.105. The molecule has 20 heavy (non-hydrogen) atoms. The molecule has 3 aliphatic rings. The van der Waals surface area contributed by atoms with Crippen molar-refractivity contribution in [3.8, 4) is 11.1 Å². The number of nitrogens with zero attached hydrogens (tertiary/aromatic N) is 1. The van der Waals surface area contributed by atoms with E-state index < -0.39 is 0 Å². The van der Waals surface area contributed by atoms with Gasteiger partial charge in [-0.25, -0.2) is 4.99 Å². The monoisotopic (exact) mass is 255 g/mol. The standard InChI is InChI=1S/C19H13N/c1-2-6-14-12(5-1)9-13-10-19-17(11-16(13)14)15-7-3-4-8-18(15)20-19/h1-6,8,10-11H,7,9H2. The van der Waals surface area contributed by atoms with Gasteiger partial charge < -0.3 is 0 Å². The van der Waals surface area contributed by atoms with Gasteiger partial charge in [0, 0.05) is 5.22 Å². The zero-order valence-corrected chi connectivity index (χ0v) is 11.1. The second-order valence-corrected chi connectivity index (χ2v) is 5.63. The van der Waals surface area contributed by atoms with Crippen LogP contribution in [0.1, 0.15) is 17.5 Å². The van der Waals surface area contributed by atoms with E-state index in [2.05, 4.69) is 54.6 Å². The van der Waals surface area contributed by atoms with Crippen molar-refractivity contribution in [2.75, 3.05) is 0 Å². The molecule has 1 nitrogen and oxygen atoms in total. The van der Waals surface area contributed by atoms with Gasteiger partial charge in [-0.2, -0.15) is 0 Å². The van der Waals surface area contributed by atoms with Crippen molar-refractivity contribution in [1.82, 2.24) is 0 Å². The Labute approximate surface area is 117 Å². The van der Waals surface area contributed by atoms with Gasteiger partial charge in [-0.15, -0.1) is 0 Å². The van der Waals surface area contributed by atoms with E-state index in [0.717, 1.165) is 23.9 Å². The summed E-state index contributed by atoms with van der Waals surface area (Å²) in [6, 6.07) is 13.4. The van der Waals surface area contributed by atoms with Gasteiger partial charge in [0.2, 0.25) is 0 Å². The van der Waals surface area contributed by atoms with Crippen molar-refractivity contribution < 1.29 is 0 Å². The normalized spacial score (nSPS) is 17.0. The minimum Gasteiger partial charge on any atom is -0.248 e. The number of benzene rings is 2. The summed E-state index contributed by atoms with van der Waals surface area (Å²) >= 11 is 0. The fourth-order valence-corrected chi connectivity index (χ4v) is 3.54. The number of allylic oxidation sites excluding steroid dienone is 4. The first-order valence-electron chi connectivity index (χ1n) is 7.10. The van der Waals surface area contributed by atoms with Crippen LogP contribution >= 0.6 is 0 Å². The second kappa shape index (κ2) is 3.57. The zero-order valence-electron chi connectivity index (χ0n) is 11.1. The summed E-state index contributed by atoms with van der Waals surface area (Å²) in [7, 11) is 0. The molecule has 0 amide bonds. The third-order valence-corrected chi connectivity index (χ3v) is 4.50. The van der Waals surface area contributed by atoms with Gasteiger partial charge in [0.15, 0.2) is 0 Å². The molecule has 0 spiro atoms. The minimum absolute atomic E-state index is 1.00. The highest BCUT2D eigenvalue weighted by molar-refractivity contribution is 5.79. The molecular formula is C19H13N. The van der Waals surface area contributed by atoms with E-state index in [0.29, 0.717) is 0 Å². The number of fused-ring (bicyclic) bond motifs is 5. The van der Waals surface area contributed by atoms with Crippen LogP contribution in [0.4, 0.5) is 0 Å². The summed E-state index contributed by atoms with van der Waals surface area (Å²) in [5.41, 5.74) is 8.19. The van der Waals surface area contributed by atoms with Crippen molar-refractivity contribution in [3.63, 3.8) is 0 Å². The van der Waals surface area contributed by atoms with E-state index in [9.17, 15) is 0 Å². The molecule has 0 N–H and O–H groups in total. The lowest BCUT2D eigenvalue weighted by Crippen LogP contribution is -2.23. The molecule has 1 aliphatic heterocycles. The van der Waals surface area contributed by atoms with Crippen molar-refractivity contribution in [1.29, 1.82) is 0 Å². The van der Waals surface area contributed by atoms with Crippen molar-refractivity contribution >= 4 is 5.57 Å². The smallest absolute Gasteiger partial charge is 0.0716 e. The molecule has 0 aromatic heterocycles. The lowest BCUT2D eigenvalue weighted by molar-refractivity contribution is 1.22. The average molecular weight is 255 g/mol. The molecule has 0 fully saturated rings. The summed E-state index contributed by atoms with van der Waals surface area (Å²) in [5.74, 6) is 0. The Hall–Kier alpha value is -2.41. The van der Waals surface area contributed by atoms with E-state index >= 15 is 0 Å². The molecule has 0 radical (unpaired) electrons. The molecule has 0 saturated carbocycles. The predicted octanol–water partition coefficient (Wildman–Crippen LogP) is 2.89. The molecule has 2 aromatic rings. The highest BCUT2D eigenvalue weighted by atomic mass is 14.8. The molecule has 5 rings (SSSR count). The number of hydrogen-bond acceptors (Lipinski definition) is 1. The second-order valence-electron chi connectivity index (χ2n) is 5.63. The molecule has 1 heteroatoms. The molecule has 2 aromatic carbocycles. The van der Waals surface area contributed by atoms with Gasteiger partial charge in [0.1, 0.15) is 0 Å². The molecule has 0 unspecified atom stereocenters. The first kappa shape index (κ1) is 10.4. The Morgan fingerprint density at radius 1 is 0.950 bits per heavy atom. The van der Waals surface area contributed by atoms with Gasteiger partial charge in [-0.05, 0) is 58.9 Å². The Kier molecular flexibility index (Phi) is 1.86. The lowest BCUT2D eigenvalue weighted by Gasteiger charge is -2.04. The third kappa shape index (κ3) is 1.25. The third-order valence-electron chi connectivity index (χ3n) is 4.50. The van der Waals surface area contributed by atoms with Gasteiger partial charge in [-0.1, -0.05) is 36.4 Å². The quantitative estimate of drug-likeness (QED) is 0.586. The number of rotatable bonds is 0. The Bertz CT molecular complexity index is 942. The highest BCUT2D eigenvalue weighted by Crippen LogP contribution is 2.35. The van der Waals surface area contributed by atoms with Crippen LogP contribution in [0.25, 0.3) is 16.7 Å². The Balaban J connectivity index is 1.86. The maximum absolute atomic E-state index is 4.79. The molecule has 2 aliphatic carbocycles. The average Bonchev–Trinajstić information content (AvgIpc) is 3.02. The van der Waals surface area contributed by atoms with Crippen LogP contribution in [0, 0.1) is 0 Å². The van der Waals surface area contributed by atoms with Crippen molar-refractivity contribution in [2.45, 2.75) is 12.8 Å². The summed E-state index contributed by atoms with van der Waals surface area (Å²) in [5, 5.41) is 2.48. The van der Waals surface area contributed by atoms with Crippen LogP contribution in [0.15, 0.2) is 65.3 Å². The molecule has 94 valence electrons. The van der Waals surface area contributed by atoms with Gasteiger partial charge in [0.05, 0.1) is 11.1 Å². The van der Waals surface area contributed by atoms with E-state index in [1.807, 2.05) is 0 Å². The van der Waals surface area contributed by atoms with Crippen LogP contribution in [-0.2, 0) is 6.42 Å². The van der Waals surface area contributed by atoms with Crippen LogP contribution < -0.4 is 10.6 Å². The van der Waals surface area contributed by atoms with E-state index in [-0.39, 0.29) is 0 Å². The summed E-state index contributed by atoms with van der Waals surface area (Å²) in [6.07, 6.45) is 8.49. The topological polar surface area (TPSA) is 12.4 Å². The first-order valence-corrected chi connectivity index (χ1v) is 7.10. The molecule has 0 bridgehead atoms. The summed E-state index contributed by atoms with van der Waals surface area (Å²) in [4.78, 5) is 4.79. The molecular weight excluding hydrogens is 242 g/mol. The summed E-state index contributed by atoms with van der Waals surface area (Å²) < 4.78 is 0. The van der Waals surface area contributed by atoms with Crippen LogP contribution in [0.5, 0.6) is 0 Å². The van der Waals surface area contributed by atoms with E-state index in [4.69, 9.17) is 4.99 Å². The first-order chi connectivity index (χ1) is 9.90. The largest absolute Gasteiger partial charge is 0.248 e. The number of hydrogen-bond donors (Lipinski definition) is 0. The van der Waals surface area contributed by atoms with Crippen molar-refractivity contribution in [3.05, 3.63) is 82.0 Å². The Morgan fingerprint density at radius 2 is 1.90 bits per heavy atom. The van der Waals surface area contributed by atoms with Gasteiger partial charge in [-0.3, -0.25) is 0 Å². The molecule has 1 heterocycles. The van der Waals surface area contributed by atoms with Gasteiger partial charge >= 0.3 is 0 Å². The van der Waals surface area contributed by atoms with Crippen LogP contribution in [-0.4, -0.2) is 0 Å². The van der Waals surface area contributed by atoms with E-state index in [1.165, 1.54) is 33.0 Å². The fourth-order valence-electron chi connectivity index (χ4n) is 3.54. The molecule has 0 saturated heterocycles. The lowest BCUT2D eigenvalue weighted by atomic mass is 9.99. The molecule has 0 atom stereocenters. The van der Waals surface area contributed by atoms with Crippen molar-refractivity contribution in [2.24, 2.45) is 4.99 Å². The Morgan fingerprint density at radius 3 is 2.90 bits per heavy atom. The van der Waals surface area contributed by atoms with Crippen LogP contribution in [0.3, 0.4) is 0 Å². The highest BCUT2D eigenvalue weighted by Gasteiger charge is 2.21. The van der Waals surface area contributed by atoms with E-state index in [1.54, 1.807) is 0 Å². The van der Waals surface area contributed by atoms with Crippen LogP contribution in [0.2, 0.25) is 0 Å².